The summed E-state index contributed by atoms with van der Waals surface area (Å²) in [4.78, 5) is 34.4. The second-order valence-corrected chi connectivity index (χ2v) is 6.55. The first-order valence-corrected chi connectivity index (χ1v) is 8.98. The molecule has 0 radical (unpaired) electrons. The second-order valence-electron chi connectivity index (χ2n) is 6.55. The van der Waals surface area contributed by atoms with E-state index < -0.39 is 18.0 Å². The molecule has 1 unspecified atom stereocenters. The summed E-state index contributed by atoms with van der Waals surface area (Å²) in [6.07, 6.45) is 0.997. The van der Waals surface area contributed by atoms with Gasteiger partial charge >= 0.3 is 6.03 Å². The fourth-order valence-corrected chi connectivity index (χ4v) is 2.98. The quantitative estimate of drug-likeness (QED) is 0.638. The van der Waals surface area contributed by atoms with Crippen molar-refractivity contribution >= 4 is 17.8 Å². The van der Waals surface area contributed by atoms with Crippen LogP contribution in [0, 0.1) is 11.3 Å². The van der Waals surface area contributed by atoms with Gasteiger partial charge in [-0.3, -0.25) is 14.9 Å². The van der Waals surface area contributed by atoms with Crippen molar-refractivity contribution in [1.29, 1.82) is 5.26 Å². The number of nitrogens with zero attached hydrogens (tertiary/aromatic N) is 1. The molecule has 1 fully saturated rings. The molecule has 2 aromatic rings. The first kappa shape index (κ1) is 19.1. The lowest BCUT2D eigenvalue weighted by molar-refractivity contribution is -0.126. The normalized spacial score (nSPS) is 15.5. The molecule has 3 N–H and O–H groups in total. The number of benzene rings is 2. The molecule has 28 heavy (non-hydrogen) atoms. The molecule has 142 valence electrons. The first-order chi connectivity index (χ1) is 13.5. The molecule has 1 aliphatic heterocycles. The molecule has 1 heterocycles. The van der Waals surface area contributed by atoms with E-state index in [1.54, 1.807) is 0 Å². The molecule has 0 bridgehead atoms. The molecule has 0 aromatic heterocycles. The Balaban J connectivity index is 1.46. The van der Waals surface area contributed by atoms with Gasteiger partial charge in [0.1, 0.15) is 6.04 Å². The topological polar surface area (TPSA) is 111 Å². The van der Waals surface area contributed by atoms with Gasteiger partial charge in [-0.05, 0) is 28.7 Å². The van der Waals surface area contributed by atoms with Crippen LogP contribution < -0.4 is 16.0 Å². The van der Waals surface area contributed by atoms with Crippen molar-refractivity contribution in [3.63, 3.8) is 0 Å². The lowest BCUT2D eigenvalue weighted by atomic mass is 10.0. The Labute approximate surface area is 162 Å². The number of nitrogens with one attached hydrogen (secondary N) is 3. The number of rotatable bonds is 7. The maximum atomic E-state index is 11.9. The van der Waals surface area contributed by atoms with Crippen molar-refractivity contribution in [3.8, 4) is 17.2 Å². The molecule has 3 rings (SSSR count). The monoisotopic (exact) mass is 376 g/mol. The van der Waals surface area contributed by atoms with E-state index in [9.17, 15) is 14.4 Å². The largest absolute Gasteiger partial charge is 0.356 e. The fourth-order valence-electron chi connectivity index (χ4n) is 2.98. The summed E-state index contributed by atoms with van der Waals surface area (Å²) in [5.74, 6) is -0.757. The summed E-state index contributed by atoms with van der Waals surface area (Å²) >= 11 is 0. The number of imide groups is 1. The van der Waals surface area contributed by atoms with Crippen molar-refractivity contribution in [3.05, 3.63) is 59.7 Å². The standard InChI is InChI=1S/C21H20N4O3/c22-11-9-14-1-5-16(6-2-14)17-7-3-15(4-8-17)10-12-23-19(26)13-18-20(27)25-21(28)24-18/h1-8,18H,9-10,12-13H2,(H,23,26)(H2,24,25,27,28). The van der Waals surface area contributed by atoms with E-state index in [4.69, 9.17) is 5.26 Å². The number of amides is 4. The number of carbonyl (C=O) groups excluding carboxylic acids is 3. The van der Waals surface area contributed by atoms with Crippen molar-refractivity contribution < 1.29 is 14.4 Å². The molecule has 7 nitrogen and oxygen atoms in total. The van der Waals surface area contributed by atoms with Crippen LogP contribution >= 0.6 is 0 Å². The van der Waals surface area contributed by atoms with Crippen LogP contribution in [0.5, 0.6) is 0 Å². The van der Waals surface area contributed by atoms with Gasteiger partial charge in [0.05, 0.1) is 18.9 Å². The van der Waals surface area contributed by atoms with Crippen LogP contribution in [0.3, 0.4) is 0 Å². The lowest BCUT2D eigenvalue weighted by Crippen LogP contribution is -2.36. The van der Waals surface area contributed by atoms with Gasteiger partial charge in [0.25, 0.3) is 5.91 Å². The number of hydrogen-bond donors (Lipinski definition) is 3. The maximum absolute atomic E-state index is 11.9. The summed E-state index contributed by atoms with van der Waals surface area (Å²) in [6.45, 7) is 0.448. The van der Waals surface area contributed by atoms with E-state index in [2.05, 4.69) is 22.0 Å². The summed E-state index contributed by atoms with van der Waals surface area (Å²) in [5, 5.41) is 16.0. The van der Waals surface area contributed by atoms with E-state index in [1.807, 2.05) is 48.5 Å². The molecular weight excluding hydrogens is 356 g/mol. The lowest BCUT2D eigenvalue weighted by Gasteiger charge is -2.09. The van der Waals surface area contributed by atoms with Gasteiger partial charge < -0.3 is 10.6 Å². The Hall–Kier alpha value is -3.66. The Morgan fingerprint density at radius 3 is 2.14 bits per heavy atom. The van der Waals surface area contributed by atoms with Gasteiger partial charge in [0.15, 0.2) is 0 Å². The smallest absolute Gasteiger partial charge is 0.322 e. The SMILES string of the molecule is N#CCc1ccc(-c2ccc(CCNC(=O)CC3NC(=O)NC3=O)cc2)cc1. The summed E-state index contributed by atoms with van der Waals surface area (Å²) in [7, 11) is 0. The highest BCUT2D eigenvalue weighted by Gasteiger charge is 2.30. The van der Waals surface area contributed by atoms with Gasteiger partial charge in [-0.2, -0.15) is 5.26 Å². The zero-order valence-corrected chi connectivity index (χ0v) is 15.2. The van der Waals surface area contributed by atoms with E-state index in [-0.39, 0.29) is 12.3 Å². The van der Waals surface area contributed by atoms with E-state index >= 15 is 0 Å². The van der Waals surface area contributed by atoms with Gasteiger partial charge in [-0.15, -0.1) is 0 Å². The van der Waals surface area contributed by atoms with E-state index in [1.165, 1.54) is 0 Å². The second kappa shape index (κ2) is 8.82. The average molecular weight is 376 g/mol. The van der Waals surface area contributed by atoms with Gasteiger partial charge in [-0.1, -0.05) is 48.5 Å². The summed E-state index contributed by atoms with van der Waals surface area (Å²) in [6, 6.07) is 16.7. The predicted molar refractivity (Wildman–Crippen MR) is 103 cm³/mol. The molecule has 0 aliphatic carbocycles. The Bertz CT molecular complexity index is 914. The van der Waals surface area contributed by atoms with Crippen LogP contribution in [0.2, 0.25) is 0 Å². The third kappa shape index (κ3) is 4.95. The zero-order chi connectivity index (χ0) is 19.9. The summed E-state index contributed by atoms with van der Waals surface area (Å²) in [5.41, 5.74) is 4.24. The van der Waals surface area contributed by atoms with Crippen molar-refractivity contribution in [1.82, 2.24) is 16.0 Å². The van der Waals surface area contributed by atoms with Crippen LogP contribution in [-0.4, -0.2) is 30.4 Å². The molecule has 7 heteroatoms. The van der Waals surface area contributed by atoms with E-state index in [0.29, 0.717) is 19.4 Å². The minimum absolute atomic E-state index is 0.0711. The van der Waals surface area contributed by atoms with Gasteiger partial charge in [-0.25, -0.2) is 4.79 Å². The molecular formula is C21H20N4O3. The first-order valence-electron chi connectivity index (χ1n) is 8.98. The maximum Gasteiger partial charge on any atom is 0.322 e. The van der Waals surface area contributed by atoms with Gasteiger partial charge in [0.2, 0.25) is 5.91 Å². The summed E-state index contributed by atoms with van der Waals surface area (Å²) < 4.78 is 0. The Kier molecular flexibility index (Phi) is 6.02. The average Bonchev–Trinajstić information content (AvgIpc) is 3.00. The molecule has 1 atom stereocenters. The van der Waals surface area contributed by atoms with E-state index in [0.717, 1.165) is 22.3 Å². The minimum atomic E-state index is -0.800. The van der Waals surface area contributed by atoms with Crippen LogP contribution in [0.1, 0.15) is 17.5 Å². The highest BCUT2D eigenvalue weighted by Crippen LogP contribution is 2.20. The number of urea groups is 1. The third-order valence-corrected chi connectivity index (χ3v) is 4.51. The highest BCUT2D eigenvalue weighted by atomic mass is 16.2. The van der Waals surface area contributed by atoms with Crippen LogP contribution in [0.15, 0.2) is 48.5 Å². The third-order valence-electron chi connectivity index (χ3n) is 4.51. The van der Waals surface area contributed by atoms with Crippen molar-refractivity contribution in [2.45, 2.75) is 25.3 Å². The number of carbonyl (C=O) groups is 3. The van der Waals surface area contributed by atoms with Crippen LogP contribution in [0.25, 0.3) is 11.1 Å². The van der Waals surface area contributed by atoms with Crippen molar-refractivity contribution in [2.24, 2.45) is 0 Å². The number of nitriles is 1. The molecule has 1 aliphatic rings. The molecule has 0 saturated carbocycles. The molecule has 2 aromatic carbocycles. The fraction of sp³-hybridized carbons (Fsp3) is 0.238. The number of hydrogen-bond acceptors (Lipinski definition) is 4. The Morgan fingerprint density at radius 1 is 1.00 bits per heavy atom. The highest BCUT2D eigenvalue weighted by molar-refractivity contribution is 6.05. The Morgan fingerprint density at radius 2 is 1.61 bits per heavy atom. The molecule has 0 spiro atoms. The minimum Gasteiger partial charge on any atom is -0.356 e. The van der Waals surface area contributed by atoms with Gasteiger partial charge in [0, 0.05) is 6.54 Å². The predicted octanol–water partition coefficient (Wildman–Crippen LogP) is 1.68. The van der Waals surface area contributed by atoms with Crippen LogP contribution in [0.4, 0.5) is 4.79 Å². The molecule has 1 saturated heterocycles. The van der Waals surface area contributed by atoms with Crippen LogP contribution in [-0.2, 0) is 22.4 Å². The van der Waals surface area contributed by atoms with Crippen molar-refractivity contribution in [2.75, 3.05) is 6.54 Å². The molecule has 4 amide bonds. The zero-order valence-electron chi connectivity index (χ0n) is 15.2.